The molecular formula is C11H7ClIN3O2. The second kappa shape index (κ2) is 5.49. The van der Waals surface area contributed by atoms with E-state index in [1.807, 2.05) is 0 Å². The summed E-state index contributed by atoms with van der Waals surface area (Å²) in [4.78, 5) is 22.7. The number of nitrogens with one attached hydrogen (secondary N) is 2. The van der Waals surface area contributed by atoms with Crippen LogP contribution in [0.25, 0.3) is 0 Å². The highest BCUT2D eigenvalue weighted by Crippen LogP contribution is 2.19. The lowest BCUT2D eigenvalue weighted by Crippen LogP contribution is -2.15. The van der Waals surface area contributed by atoms with Crippen molar-refractivity contribution in [2.75, 3.05) is 5.32 Å². The molecule has 0 radical (unpaired) electrons. The predicted octanol–water partition coefficient (Wildman–Crippen LogP) is 2.28. The van der Waals surface area contributed by atoms with E-state index in [1.54, 1.807) is 18.2 Å². The van der Waals surface area contributed by atoms with Crippen molar-refractivity contribution in [2.45, 2.75) is 0 Å². The normalized spacial score (nSPS) is 10.1. The standard InChI is InChI=1S/C11H7ClIN3O2/c12-7-5-6(1-2-8(7)13)11(18)14-9-3-4-10(17)16-15-9/h1-5H,(H,16,17)(H,14,15,18). The van der Waals surface area contributed by atoms with E-state index in [0.717, 1.165) is 3.57 Å². The molecule has 0 aliphatic carbocycles. The fraction of sp³-hybridized carbons (Fsp3) is 0. The number of H-pyrrole nitrogens is 1. The third-order valence-electron chi connectivity index (χ3n) is 2.10. The molecule has 0 unspecified atom stereocenters. The SMILES string of the molecule is O=C(Nc1ccc(=O)[nH]n1)c1ccc(I)c(Cl)c1. The summed E-state index contributed by atoms with van der Waals surface area (Å²) in [7, 11) is 0. The first-order valence-electron chi connectivity index (χ1n) is 4.88. The third kappa shape index (κ3) is 3.08. The fourth-order valence-corrected chi connectivity index (χ4v) is 1.76. The van der Waals surface area contributed by atoms with Crippen molar-refractivity contribution in [3.8, 4) is 0 Å². The summed E-state index contributed by atoms with van der Waals surface area (Å²) in [6.45, 7) is 0. The van der Waals surface area contributed by atoms with Gasteiger partial charge in [-0.3, -0.25) is 9.59 Å². The first-order chi connectivity index (χ1) is 8.56. The number of carbonyl (C=O) groups excluding carboxylic acids is 1. The fourth-order valence-electron chi connectivity index (χ4n) is 1.24. The van der Waals surface area contributed by atoms with Crippen molar-refractivity contribution < 1.29 is 4.79 Å². The predicted molar refractivity (Wildman–Crippen MR) is 77.0 cm³/mol. The molecule has 1 heterocycles. The Balaban J connectivity index is 2.19. The van der Waals surface area contributed by atoms with Gasteiger partial charge in [0, 0.05) is 15.2 Å². The molecule has 0 fully saturated rings. The number of hydrogen-bond acceptors (Lipinski definition) is 3. The second-order valence-corrected chi connectivity index (χ2v) is 4.96. The number of hydrogen-bond donors (Lipinski definition) is 2. The molecule has 1 amide bonds. The molecule has 0 spiro atoms. The topological polar surface area (TPSA) is 74.8 Å². The molecule has 2 N–H and O–H groups in total. The highest BCUT2D eigenvalue weighted by molar-refractivity contribution is 14.1. The first kappa shape index (κ1) is 13.0. The summed E-state index contributed by atoms with van der Waals surface area (Å²) < 4.78 is 0.869. The van der Waals surface area contributed by atoms with Gasteiger partial charge in [-0.05, 0) is 46.9 Å². The summed E-state index contributed by atoms with van der Waals surface area (Å²) >= 11 is 8.01. The molecule has 0 bridgehead atoms. The molecule has 0 saturated carbocycles. The maximum Gasteiger partial charge on any atom is 0.264 e. The van der Waals surface area contributed by atoms with Gasteiger partial charge in [-0.15, -0.1) is 0 Å². The average Bonchev–Trinajstić information content (AvgIpc) is 2.35. The molecular weight excluding hydrogens is 368 g/mol. The largest absolute Gasteiger partial charge is 0.305 e. The van der Waals surface area contributed by atoms with E-state index in [0.29, 0.717) is 10.6 Å². The van der Waals surface area contributed by atoms with Crippen molar-refractivity contribution in [1.29, 1.82) is 0 Å². The molecule has 5 nitrogen and oxygen atoms in total. The van der Waals surface area contributed by atoms with Gasteiger partial charge in [-0.2, -0.15) is 5.10 Å². The minimum Gasteiger partial charge on any atom is -0.305 e. The minimum atomic E-state index is -0.340. The molecule has 1 aromatic heterocycles. The number of benzene rings is 1. The van der Waals surface area contributed by atoms with E-state index in [-0.39, 0.29) is 17.3 Å². The Kier molecular flexibility index (Phi) is 3.97. The lowest BCUT2D eigenvalue weighted by Gasteiger charge is -2.04. The molecule has 18 heavy (non-hydrogen) atoms. The van der Waals surface area contributed by atoms with Crippen LogP contribution in [0, 0.1) is 3.57 Å². The number of nitrogens with zero attached hydrogens (tertiary/aromatic N) is 1. The van der Waals surface area contributed by atoms with Gasteiger partial charge in [0.2, 0.25) is 0 Å². The number of amides is 1. The Morgan fingerprint density at radius 2 is 2.11 bits per heavy atom. The van der Waals surface area contributed by atoms with E-state index < -0.39 is 0 Å². The maximum absolute atomic E-state index is 11.9. The van der Waals surface area contributed by atoms with Gasteiger partial charge < -0.3 is 5.32 Å². The monoisotopic (exact) mass is 375 g/mol. The lowest BCUT2D eigenvalue weighted by molar-refractivity contribution is 0.102. The van der Waals surface area contributed by atoms with Gasteiger partial charge in [0.1, 0.15) is 0 Å². The van der Waals surface area contributed by atoms with E-state index in [2.05, 4.69) is 38.1 Å². The van der Waals surface area contributed by atoms with Gasteiger partial charge in [0.15, 0.2) is 5.82 Å². The van der Waals surface area contributed by atoms with Crippen LogP contribution in [-0.4, -0.2) is 16.1 Å². The van der Waals surface area contributed by atoms with Crippen LogP contribution in [0.15, 0.2) is 35.1 Å². The van der Waals surface area contributed by atoms with E-state index in [9.17, 15) is 9.59 Å². The summed E-state index contributed by atoms with van der Waals surface area (Å²) in [5.41, 5.74) is 0.0960. The zero-order valence-electron chi connectivity index (χ0n) is 8.91. The van der Waals surface area contributed by atoms with Gasteiger partial charge in [-0.25, -0.2) is 5.10 Å². The van der Waals surface area contributed by atoms with Crippen LogP contribution in [-0.2, 0) is 0 Å². The number of aromatic nitrogens is 2. The molecule has 0 atom stereocenters. The van der Waals surface area contributed by atoms with E-state index >= 15 is 0 Å². The van der Waals surface area contributed by atoms with Crippen molar-refractivity contribution >= 4 is 45.9 Å². The van der Waals surface area contributed by atoms with Gasteiger partial charge in [-0.1, -0.05) is 11.6 Å². The van der Waals surface area contributed by atoms with Crippen LogP contribution in [0.2, 0.25) is 5.02 Å². The van der Waals surface area contributed by atoms with Gasteiger partial charge in [0.25, 0.3) is 11.5 Å². The minimum absolute atomic E-state index is 0.272. The van der Waals surface area contributed by atoms with Gasteiger partial charge >= 0.3 is 0 Å². The molecule has 2 rings (SSSR count). The van der Waals surface area contributed by atoms with E-state index in [1.165, 1.54) is 12.1 Å². The van der Waals surface area contributed by atoms with Crippen LogP contribution in [0.4, 0.5) is 5.82 Å². The van der Waals surface area contributed by atoms with Crippen molar-refractivity contribution in [3.05, 3.63) is 54.8 Å². The van der Waals surface area contributed by atoms with Crippen molar-refractivity contribution in [2.24, 2.45) is 0 Å². The summed E-state index contributed by atoms with van der Waals surface area (Å²) in [5, 5.41) is 8.97. The highest BCUT2D eigenvalue weighted by Gasteiger charge is 2.08. The Hall–Kier alpha value is -1.41. The molecule has 92 valence electrons. The number of carbonyl (C=O) groups is 1. The van der Waals surface area contributed by atoms with Gasteiger partial charge in [0.05, 0.1) is 5.02 Å². The van der Waals surface area contributed by atoms with Crippen LogP contribution >= 0.6 is 34.2 Å². The third-order valence-corrected chi connectivity index (χ3v) is 3.67. The zero-order chi connectivity index (χ0) is 13.1. The van der Waals surface area contributed by atoms with Crippen molar-refractivity contribution in [1.82, 2.24) is 10.2 Å². The smallest absolute Gasteiger partial charge is 0.264 e. The molecule has 7 heteroatoms. The summed E-state index contributed by atoms with van der Waals surface area (Å²) in [5.74, 6) is -0.0675. The molecule has 0 aliphatic rings. The van der Waals surface area contributed by atoms with Crippen LogP contribution in [0.1, 0.15) is 10.4 Å². The Morgan fingerprint density at radius 3 is 2.72 bits per heavy atom. The molecule has 0 aliphatic heterocycles. The second-order valence-electron chi connectivity index (χ2n) is 3.39. The van der Waals surface area contributed by atoms with Crippen molar-refractivity contribution in [3.63, 3.8) is 0 Å². The molecule has 1 aromatic carbocycles. The Morgan fingerprint density at radius 1 is 1.33 bits per heavy atom. The van der Waals surface area contributed by atoms with Crippen LogP contribution in [0.3, 0.4) is 0 Å². The van der Waals surface area contributed by atoms with E-state index in [4.69, 9.17) is 11.6 Å². The number of anilines is 1. The summed E-state index contributed by atoms with van der Waals surface area (Å²) in [6.07, 6.45) is 0. The van der Waals surface area contributed by atoms with Crippen LogP contribution < -0.4 is 10.9 Å². The van der Waals surface area contributed by atoms with Crippen LogP contribution in [0.5, 0.6) is 0 Å². The molecule has 0 saturated heterocycles. The quantitative estimate of drug-likeness (QED) is 0.791. The first-order valence-corrected chi connectivity index (χ1v) is 6.34. The Bertz CT molecular complexity index is 636. The molecule has 2 aromatic rings. The Labute approximate surface area is 121 Å². The summed E-state index contributed by atoms with van der Waals surface area (Å²) in [6, 6.07) is 7.69. The number of halogens is 2. The zero-order valence-corrected chi connectivity index (χ0v) is 11.8. The lowest BCUT2D eigenvalue weighted by atomic mass is 10.2. The maximum atomic E-state index is 11.9. The number of rotatable bonds is 2. The highest BCUT2D eigenvalue weighted by atomic mass is 127. The number of aromatic amines is 1. The average molecular weight is 376 g/mol.